The summed E-state index contributed by atoms with van der Waals surface area (Å²) in [6.07, 6.45) is 23.9. The van der Waals surface area contributed by atoms with E-state index in [1.165, 1.54) is 70.6 Å². The van der Waals surface area contributed by atoms with Gasteiger partial charge in [-0.05, 0) is 38.5 Å². The highest BCUT2D eigenvalue weighted by atomic mass is 16.6. The molecule has 0 amide bonds. The predicted molar refractivity (Wildman–Crippen MR) is 127 cm³/mol. The summed E-state index contributed by atoms with van der Waals surface area (Å²) in [5.41, 5.74) is 0. The molecule has 0 aromatic carbocycles. The molecule has 178 valence electrons. The second kappa shape index (κ2) is 26.2. The predicted octanol–water partition coefficient (Wildman–Crippen LogP) is 7.40. The number of unbranched alkanes of at least 4 members (excludes halogenated alkanes) is 12. The van der Waals surface area contributed by atoms with Crippen molar-refractivity contribution in [3.05, 3.63) is 12.2 Å². The van der Waals surface area contributed by atoms with E-state index in [-0.39, 0.29) is 5.97 Å². The summed E-state index contributed by atoms with van der Waals surface area (Å²) in [5, 5.41) is 0. The Hall–Kier alpha value is -0.870. The molecule has 0 heterocycles. The van der Waals surface area contributed by atoms with Crippen LogP contribution in [-0.2, 0) is 19.0 Å². The van der Waals surface area contributed by atoms with Gasteiger partial charge in [0.05, 0.1) is 19.8 Å². The third kappa shape index (κ3) is 25.2. The maximum absolute atomic E-state index is 11.7. The lowest BCUT2D eigenvalue weighted by Gasteiger charge is -2.07. The van der Waals surface area contributed by atoms with Gasteiger partial charge >= 0.3 is 5.97 Å². The Morgan fingerprint density at radius 1 is 0.567 bits per heavy atom. The zero-order chi connectivity index (χ0) is 22.0. The van der Waals surface area contributed by atoms with E-state index in [9.17, 15) is 4.79 Å². The Morgan fingerprint density at radius 2 is 1.07 bits per heavy atom. The SMILES string of the molecule is CCCCCCCC/C=C\CCCCCCCC(=O)OCCOCCOCCCC. The maximum Gasteiger partial charge on any atom is 0.305 e. The summed E-state index contributed by atoms with van der Waals surface area (Å²) in [7, 11) is 0. The summed E-state index contributed by atoms with van der Waals surface area (Å²) in [6.45, 7) is 7.19. The Bertz CT molecular complexity index is 368. The van der Waals surface area contributed by atoms with Gasteiger partial charge in [-0.15, -0.1) is 0 Å². The zero-order valence-corrected chi connectivity index (χ0v) is 20.1. The topological polar surface area (TPSA) is 44.8 Å². The van der Waals surface area contributed by atoms with E-state index in [1.54, 1.807) is 0 Å². The van der Waals surface area contributed by atoms with Crippen molar-refractivity contribution in [1.29, 1.82) is 0 Å². The van der Waals surface area contributed by atoms with Gasteiger partial charge in [-0.2, -0.15) is 0 Å². The number of esters is 1. The largest absolute Gasteiger partial charge is 0.463 e. The van der Waals surface area contributed by atoms with E-state index in [0.717, 1.165) is 32.3 Å². The molecular formula is C26H50O4. The number of hydrogen-bond acceptors (Lipinski definition) is 4. The van der Waals surface area contributed by atoms with E-state index in [1.807, 2.05) is 0 Å². The molecule has 0 bridgehead atoms. The molecule has 0 aromatic heterocycles. The molecule has 0 saturated carbocycles. The lowest BCUT2D eigenvalue weighted by Crippen LogP contribution is -2.13. The van der Waals surface area contributed by atoms with Crippen LogP contribution in [0.5, 0.6) is 0 Å². The standard InChI is InChI=1S/C26H50O4/c1-3-5-7-8-9-10-11-12-13-14-15-16-17-18-19-20-26(27)30-25-24-29-23-22-28-21-6-4-2/h12-13H,3-11,14-25H2,1-2H3/b13-12-. The van der Waals surface area contributed by atoms with Crippen LogP contribution in [0.4, 0.5) is 0 Å². The molecule has 0 fully saturated rings. The third-order valence-corrected chi connectivity index (χ3v) is 5.15. The molecule has 0 aliphatic rings. The molecule has 0 spiro atoms. The molecule has 0 rings (SSSR count). The van der Waals surface area contributed by atoms with Gasteiger partial charge in [0.15, 0.2) is 0 Å². The quantitative estimate of drug-likeness (QED) is 0.0916. The van der Waals surface area contributed by atoms with Crippen molar-refractivity contribution in [2.75, 3.05) is 33.0 Å². The van der Waals surface area contributed by atoms with Crippen molar-refractivity contribution in [3.63, 3.8) is 0 Å². The fraction of sp³-hybridized carbons (Fsp3) is 0.885. The van der Waals surface area contributed by atoms with Gasteiger partial charge in [0.25, 0.3) is 0 Å². The Kier molecular flexibility index (Phi) is 25.4. The number of hydrogen-bond donors (Lipinski definition) is 0. The minimum absolute atomic E-state index is 0.101. The molecule has 30 heavy (non-hydrogen) atoms. The average molecular weight is 427 g/mol. The smallest absolute Gasteiger partial charge is 0.305 e. The van der Waals surface area contributed by atoms with Crippen LogP contribution >= 0.6 is 0 Å². The van der Waals surface area contributed by atoms with Gasteiger partial charge in [0, 0.05) is 13.0 Å². The first-order chi connectivity index (χ1) is 14.8. The van der Waals surface area contributed by atoms with Gasteiger partial charge in [-0.1, -0.05) is 83.8 Å². The summed E-state index contributed by atoms with van der Waals surface area (Å²) in [6, 6.07) is 0. The van der Waals surface area contributed by atoms with Crippen molar-refractivity contribution >= 4 is 5.97 Å². The lowest BCUT2D eigenvalue weighted by molar-refractivity contribution is -0.145. The first kappa shape index (κ1) is 29.1. The normalized spacial score (nSPS) is 11.4. The van der Waals surface area contributed by atoms with Crippen LogP contribution in [0.3, 0.4) is 0 Å². The molecule has 4 nitrogen and oxygen atoms in total. The molecule has 0 saturated heterocycles. The average Bonchev–Trinajstić information content (AvgIpc) is 2.75. The fourth-order valence-electron chi connectivity index (χ4n) is 3.20. The Balaban J connectivity index is 3.20. The van der Waals surface area contributed by atoms with Crippen LogP contribution < -0.4 is 0 Å². The number of rotatable bonds is 24. The van der Waals surface area contributed by atoms with Crippen LogP contribution in [0.25, 0.3) is 0 Å². The second-order valence-electron chi connectivity index (χ2n) is 8.13. The molecule has 0 aliphatic heterocycles. The van der Waals surface area contributed by atoms with Crippen LogP contribution in [0, 0.1) is 0 Å². The van der Waals surface area contributed by atoms with Crippen LogP contribution in [0.2, 0.25) is 0 Å². The van der Waals surface area contributed by atoms with Crippen molar-refractivity contribution in [2.45, 2.75) is 117 Å². The lowest BCUT2D eigenvalue weighted by atomic mass is 10.1. The number of allylic oxidation sites excluding steroid dienone is 2. The minimum Gasteiger partial charge on any atom is -0.463 e. The van der Waals surface area contributed by atoms with Gasteiger partial charge in [0.2, 0.25) is 0 Å². The summed E-state index contributed by atoms with van der Waals surface area (Å²) in [5.74, 6) is -0.101. The summed E-state index contributed by atoms with van der Waals surface area (Å²) in [4.78, 5) is 11.7. The highest BCUT2D eigenvalue weighted by molar-refractivity contribution is 5.69. The van der Waals surface area contributed by atoms with Crippen molar-refractivity contribution < 1.29 is 19.0 Å². The Morgan fingerprint density at radius 3 is 1.70 bits per heavy atom. The first-order valence-electron chi connectivity index (χ1n) is 12.8. The zero-order valence-electron chi connectivity index (χ0n) is 20.1. The maximum atomic E-state index is 11.7. The van der Waals surface area contributed by atoms with Crippen LogP contribution in [0.15, 0.2) is 12.2 Å². The monoisotopic (exact) mass is 426 g/mol. The highest BCUT2D eigenvalue weighted by Gasteiger charge is 2.02. The summed E-state index contributed by atoms with van der Waals surface area (Å²) < 4.78 is 16.0. The van der Waals surface area contributed by atoms with Gasteiger partial charge in [0.1, 0.15) is 6.61 Å². The van der Waals surface area contributed by atoms with Crippen LogP contribution in [-0.4, -0.2) is 39.0 Å². The molecule has 4 heteroatoms. The van der Waals surface area contributed by atoms with Gasteiger partial charge in [-0.3, -0.25) is 4.79 Å². The number of carbonyl (C=O) groups excluding carboxylic acids is 1. The molecule has 0 N–H and O–H groups in total. The molecular weight excluding hydrogens is 376 g/mol. The highest BCUT2D eigenvalue weighted by Crippen LogP contribution is 2.10. The van der Waals surface area contributed by atoms with Crippen LogP contribution in [0.1, 0.15) is 117 Å². The van der Waals surface area contributed by atoms with Gasteiger partial charge < -0.3 is 14.2 Å². The van der Waals surface area contributed by atoms with E-state index in [2.05, 4.69) is 26.0 Å². The van der Waals surface area contributed by atoms with Crippen molar-refractivity contribution in [1.82, 2.24) is 0 Å². The molecule has 0 aliphatic carbocycles. The third-order valence-electron chi connectivity index (χ3n) is 5.15. The first-order valence-corrected chi connectivity index (χ1v) is 12.8. The Labute approximate surface area is 187 Å². The molecule has 0 unspecified atom stereocenters. The second-order valence-corrected chi connectivity index (χ2v) is 8.13. The number of ether oxygens (including phenoxy) is 3. The van der Waals surface area contributed by atoms with Crippen molar-refractivity contribution in [3.8, 4) is 0 Å². The molecule has 0 radical (unpaired) electrons. The number of carbonyl (C=O) groups is 1. The van der Waals surface area contributed by atoms with E-state index >= 15 is 0 Å². The van der Waals surface area contributed by atoms with E-state index in [4.69, 9.17) is 14.2 Å². The molecule has 0 aromatic rings. The fourth-order valence-corrected chi connectivity index (χ4v) is 3.20. The summed E-state index contributed by atoms with van der Waals surface area (Å²) >= 11 is 0. The minimum atomic E-state index is -0.101. The van der Waals surface area contributed by atoms with Gasteiger partial charge in [-0.25, -0.2) is 0 Å². The molecule has 0 atom stereocenters. The van der Waals surface area contributed by atoms with E-state index in [0.29, 0.717) is 32.8 Å². The van der Waals surface area contributed by atoms with Crippen molar-refractivity contribution in [2.24, 2.45) is 0 Å². The van der Waals surface area contributed by atoms with E-state index < -0.39 is 0 Å².